The van der Waals surface area contributed by atoms with Crippen LogP contribution in [0.2, 0.25) is 0 Å². The van der Waals surface area contributed by atoms with E-state index >= 15 is 0 Å². The third-order valence-corrected chi connectivity index (χ3v) is 5.08. The summed E-state index contributed by atoms with van der Waals surface area (Å²) >= 11 is 0. The van der Waals surface area contributed by atoms with Crippen LogP contribution in [0, 0.1) is 5.92 Å². The summed E-state index contributed by atoms with van der Waals surface area (Å²) < 4.78 is 0. The first-order valence-electron chi connectivity index (χ1n) is 11.3. The van der Waals surface area contributed by atoms with Gasteiger partial charge in [0, 0.05) is 18.4 Å². The molecule has 1 unspecified atom stereocenters. The number of nitrogens with one attached hydrogen (secondary N) is 1. The number of hydrogen-bond acceptors (Lipinski definition) is 3. The number of hydrogen-bond donors (Lipinski definition) is 1. The number of aliphatic carboxylic acids is 1. The Labute approximate surface area is 191 Å². The second-order valence-corrected chi connectivity index (χ2v) is 7.57. The van der Waals surface area contributed by atoms with Gasteiger partial charge in [0.2, 0.25) is 0 Å². The molecule has 0 aromatic carbocycles. The summed E-state index contributed by atoms with van der Waals surface area (Å²) in [5.41, 5.74) is 0. The SMILES string of the molecule is CCCCCCCCC=CCCCCCCCCNCC(CC)C(=O)[O-].[Na+]. The molecule has 0 bridgehead atoms. The number of carboxylic acids is 1. The Bertz CT molecular complexity index is 334. The molecule has 154 valence electrons. The van der Waals surface area contributed by atoms with E-state index in [4.69, 9.17) is 0 Å². The smallest absolute Gasteiger partial charge is 0.550 e. The van der Waals surface area contributed by atoms with Gasteiger partial charge in [0.15, 0.2) is 0 Å². The summed E-state index contributed by atoms with van der Waals surface area (Å²) in [6.07, 6.45) is 23.8. The van der Waals surface area contributed by atoms with Crippen LogP contribution in [0.1, 0.15) is 110 Å². The van der Waals surface area contributed by atoms with Crippen molar-refractivity contribution in [2.45, 2.75) is 110 Å². The maximum absolute atomic E-state index is 10.8. The van der Waals surface area contributed by atoms with Crippen molar-refractivity contribution in [1.29, 1.82) is 0 Å². The third-order valence-electron chi connectivity index (χ3n) is 5.08. The van der Waals surface area contributed by atoms with Crippen LogP contribution in [-0.4, -0.2) is 19.1 Å². The number of carboxylic acid groups (broad SMARTS) is 1. The summed E-state index contributed by atoms with van der Waals surface area (Å²) in [4.78, 5) is 10.8. The van der Waals surface area contributed by atoms with Crippen molar-refractivity contribution in [2.75, 3.05) is 13.1 Å². The van der Waals surface area contributed by atoms with Crippen LogP contribution in [0.15, 0.2) is 12.2 Å². The number of rotatable bonds is 20. The largest absolute Gasteiger partial charge is 1.00 e. The molecule has 1 N–H and O–H groups in total. The predicted molar refractivity (Wildman–Crippen MR) is 111 cm³/mol. The molecule has 0 spiro atoms. The fourth-order valence-electron chi connectivity index (χ4n) is 3.17. The van der Waals surface area contributed by atoms with Crippen LogP contribution in [0.3, 0.4) is 0 Å². The molecule has 0 heterocycles. The monoisotopic (exact) mass is 389 g/mol. The standard InChI is InChI=1S/C23H45NO2.Na/c1-3-5-6-7-8-9-10-11-12-13-14-15-16-17-18-19-20-24-21-22(4-2)23(25)26;/h11-12,22,24H,3-10,13-21H2,1-2H3,(H,25,26);/q;+1/p-1. The molecule has 0 amide bonds. The average molecular weight is 390 g/mol. The second-order valence-electron chi connectivity index (χ2n) is 7.57. The van der Waals surface area contributed by atoms with E-state index in [1.165, 1.54) is 83.5 Å². The molecule has 27 heavy (non-hydrogen) atoms. The molecule has 0 rings (SSSR count). The topological polar surface area (TPSA) is 52.2 Å². The van der Waals surface area contributed by atoms with Crippen LogP contribution in [0.4, 0.5) is 0 Å². The maximum atomic E-state index is 10.8. The Hall–Kier alpha value is 0.170. The van der Waals surface area contributed by atoms with Crippen molar-refractivity contribution < 1.29 is 39.5 Å². The fraction of sp³-hybridized carbons (Fsp3) is 0.870. The van der Waals surface area contributed by atoms with E-state index in [1.807, 2.05) is 6.92 Å². The zero-order valence-electron chi connectivity index (χ0n) is 18.6. The summed E-state index contributed by atoms with van der Waals surface area (Å²) in [6.45, 7) is 5.63. The van der Waals surface area contributed by atoms with Gasteiger partial charge in [-0.2, -0.15) is 0 Å². The molecule has 0 saturated heterocycles. The molecule has 0 radical (unpaired) electrons. The molecule has 0 aromatic heterocycles. The molecule has 0 aliphatic heterocycles. The van der Waals surface area contributed by atoms with Gasteiger partial charge in [-0.3, -0.25) is 0 Å². The van der Waals surface area contributed by atoms with Crippen LogP contribution < -0.4 is 40.0 Å². The molecular weight excluding hydrogens is 345 g/mol. The average Bonchev–Trinajstić information content (AvgIpc) is 2.63. The fourth-order valence-corrected chi connectivity index (χ4v) is 3.17. The number of unbranched alkanes of at least 4 members (excludes halogenated alkanes) is 12. The Morgan fingerprint density at radius 2 is 1.30 bits per heavy atom. The molecule has 0 aromatic rings. The van der Waals surface area contributed by atoms with E-state index in [-0.39, 0.29) is 35.5 Å². The second kappa shape index (κ2) is 24.2. The molecule has 0 aliphatic carbocycles. The van der Waals surface area contributed by atoms with Crippen molar-refractivity contribution >= 4 is 5.97 Å². The Kier molecular flexibility index (Phi) is 26.3. The number of allylic oxidation sites excluding steroid dienone is 2. The Morgan fingerprint density at radius 3 is 1.78 bits per heavy atom. The zero-order chi connectivity index (χ0) is 19.3. The third kappa shape index (κ3) is 22.3. The molecule has 3 nitrogen and oxygen atoms in total. The summed E-state index contributed by atoms with van der Waals surface area (Å²) in [6, 6.07) is 0. The van der Waals surface area contributed by atoms with E-state index in [1.54, 1.807) is 0 Å². The van der Waals surface area contributed by atoms with Crippen molar-refractivity contribution in [3.63, 3.8) is 0 Å². The van der Waals surface area contributed by atoms with Crippen LogP contribution >= 0.6 is 0 Å². The van der Waals surface area contributed by atoms with Crippen molar-refractivity contribution in [1.82, 2.24) is 5.32 Å². The van der Waals surface area contributed by atoms with Crippen LogP contribution in [0.5, 0.6) is 0 Å². The number of carbonyl (C=O) groups is 1. The molecule has 1 atom stereocenters. The van der Waals surface area contributed by atoms with Crippen molar-refractivity contribution in [3.05, 3.63) is 12.2 Å². The molecule has 4 heteroatoms. The quantitative estimate of drug-likeness (QED) is 0.198. The van der Waals surface area contributed by atoms with Gasteiger partial charge in [0.05, 0.1) is 0 Å². The number of carbonyl (C=O) groups excluding carboxylic acids is 1. The van der Waals surface area contributed by atoms with Gasteiger partial charge in [0.25, 0.3) is 0 Å². The van der Waals surface area contributed by atoms with Gasteiger partial charge in [0.1, 0.15) is 0 Å². The van der Waals surface area contributed by atoms with E-state index < -0.39 is 5.97 Å². The van der Waals surface area contributed by atoms with Crippen molar-refractivity contribution in [3.8, 4) is 0 Å². The van der Waals surface area contributed by atoms with E-state index in [2.05, 4.69) is 24.4 Å². The minimum absolute atomic E-state index is 0. The molecule has 0 aliphatic rings. The Morgan fingerprint density at radius 1 is 0.815 bits per heavy atom. The van der Waals surface area contributed by atoms with E-state index in [9.17, 15) is 9.90 Å². The zero-order valence-corrected chi connectivity index (χ0v) is 20.6. The van der Waals surface area contributed by atoms with Gasteiger partial charge < -0.3 is 15.2 Å². The van der Waals surface area contributed by atoms with Gasteiger partial charge in [-0.15, -0.1) is 0 Å². The summed E-state index contributed by atoms with van der Waals surface area (Å²) in [5.74, 6) is -1.27. The minimum atomic E-state index is -0.930. The Balaban J connectivity index is 0. The van der Waals surface area contributed by atoms with Crippen LogP contribution in [0.25, 0.3) is 0 Å². The van der Waals surface area contributed by atoms with Gasteiger partial charge in [-0.25, -0.2) is 0 Å². The van der Waals surface area contributed by atoms with Gasteiger partial charge >= 0.3 is 29.6 Å². The first-order valence-corrected chi connectivity index (χ1v) is 11.3. The van der Waals surface area contributed by atoms with E-state index in [0.29, 0.717) is 13.0 Å². The normalized spacial score (nSPS) is 12.2. The van der Waals surface area contributed by atoms with Gasteiger partial charge in [-0.05, 0) is 45.1 Å². The van der Waals surface area contributed by atoms with Crippen molar-refractivity contribution in [2.24, 2.45) is 5.92 Å². The first-order chi connectivity index (χ1) is 12.7. The molecule has 0 saturated carbocycles. The predicted octanol–water partition coefficient (Wildman–Crippen LogP) is 2.39. The van der Waals surface area contributed by atoms with E-state index in [0.717, 1.165) is 13.0 Å². The van der Waals surface area contributed by atoms with Gasteiger partial charge in [-0.1, -0.05) is 83.8 Å². The molecular formula is C23H44NNaO2. The first kappa shape index (κ1) is 29.4. The summed E-state index contributed by atoms with van der Waals surface area (Å²) in [5, 5.41) is 14.0. The van der Waals surface area contributed by atoms with Crippen LogP contribution in [-0.2, 0) is 4.79 Å². The molecule has 0 fully saturated rings. The maximum Gasteiger partial charge on any atom is 1.00 e. The summed E-state index contributed by atoms with van der Waals surface area (Å²) in [7, 11) is 0. The minimum Gasteiger partial charge on any atom is -0.550 e.